The number of hydrogen-bond donors (Lipinski definition) is 2. The van der Waals surface area contributed by atoms with Crippen molar-refractivity contribution < 1.29 is 9.59 Å². The van der Waals surface area contributed by atoms with Gasteiger partial charge >= 0.3 is 0 Å². The standard InChI is InChI=1S/C19H29N3O2.ClH/c1-12(2)17(19(24)22-11-15(10-20)9-14(22)4)21-18(23)16-7-5-6-13(3)8-16;/h5-8,12,14-15,17H,9-11,20H2,1-4H3,(H,21,23);1H. The van der Waals surface area contributed by atoms with E-state index in [-0.39, 0.29) is 36.2 Å². The van der Waals surface area contributed by atoms with E-state index >= 15 is 0 Å². The molecule has 1 heterocycles. The van der Waals surface area contributed by atoms with Crippen LogP contribution in [0.2, 0.25) is 0 Å². The van der Waals surface area contributed by atoms with Gasteiger partial charge in [-0.25, -0.2) is 0 Å². The van der Waals surface area contributed by atoms with Crippen molar-refractivity contribution in [3.05, 3.63) is 35.4 Å². The third-order valence-electron chi connectivity index (χ3n) is 4.78. The monoisotopic (exact) mass is 367 g/mol. The second kappa shape index (κ2) is 9.20. The Labute approximate surface area is 156 Å². The lowest BCUT2D eigenvalue weighted by Gasteiger charge is -2.29. The number of nitrogens with two attached hydrogens (primary N) is 1. The number of hydrogen-bond acceptors (Lipinski definition) is 3. The van der Waals surface area contributed by atoms with Crippen molar-refractivity contribution in [1.82, 2.24) is 10.2 Å². The van der Waals surface area contributed by atoms with E-state index in [1.54, 1.807) is 6.07 Å². The second-order valence-corrected chi connectivity index (χ2v) is 7.24. The molecule has 2 rings (SSSR count). The number of carbonyl (C=O) groups is 2. The topological polar surface area (TPSA) is 75.4 Å². The van der Waals surface area contributed by atoms with Gasteiger partial charge in [-0.1, -0.05) is 31.5 Å². The maximum absolute atomic E-state index is 13.0. The van der Waals surface area contributed by atoms with Gasteiger partial charge < -0.3 is 16.0 Å². The van der Waals surface area contributed by atoms with E-state index in [2.05, 4.69) is 5.32 Å². The van der Waals surface area contributed by atoms with Crippen molar-refractivity contribution in [2.75, 3.05) is 13.1 Å². The molecular formula is C19H30ClN3O2. The minimum atomic E-state index is -0.517. The largest absolute Gasteiger partial charge is 0.340 e. The summed E-state index contributed by atoms with van der Waals surface area (Å²) in [5, 5.41) is 2.93. The molecule has 0 radical (unpaired) electrons. The number of likely N-dealkylation sites (tertiary alicyclic amines) is 1. The summed E-state index contributed by atoms with van der Waals surface area (Å²) < 4.78 is 0. The quantitative estimate of drug-likeness (QED) is 0.838. The second-order valence-electron chi connectivity index (χ2n) is 7.24. The molecule has 0 aromatic heterocycles. The van der Waals surface area contributed by atoms with Crippen molar-refractivity contribution in [2.24, 2.45) is 17.6 Å². The van der Waals surface area contributed by atoms with Gasteiger partial charge in [-0.05, 0) is 50.8 Å². The summed E-state index contributed by atoms with van der Waals surface area (Å²) in [4.78, 5) is 27.4. The van der Waals surface area contributed by atoms with Crippen molar-refractivity contribution in [1.29, 1.82) is 0 Å². The van der Waals surface area contributed by atoms with Gasteiger partial charge in [0.25, 0.3) is 5.91 Å². The summed E-state index contributed by atoms with van der Waals surface area (Å²) in [6.45, 7) is 9.19. The fourth-order valence-corrected chi connectivity index (χ4v) is 3.32. The van der Waals surface area contributed by atoms with Crippen LogP contribution in [0.3, 0.4) is 0 Å². The van der Waals surface area contributed by atoms with E-state index in [0.29, 0.717) is 24.6 Å². The lowest BCUT2D eigenvalue weighted by atomic mass is 10.0. The van der Waals surface area contributed by atoms with Gasteiger partial charge in [-0.15, -0.1) is 12.4 Å². The normalized spacial score (nSPS) is 21.0. The smallest absolute Gasteiger partial charge is 0.251 e. The minimum Gasteiger partial charge on any atom is -0.340 e. The van der Waals surface area contributed by atoms with Gasteiger partial charge in [0, 0.05) is 18.2 Å². The molecule has 1 saturated heterocycles. The molecule has 1 aliphatic rings. The number of carbonyl (C=O) groups excluding carboxylic acids is 2. The molecule has 0 saturated carbocycles. The number of halogens is 1. The van der Waals surface area contributed by atoms with Crippen LogP contribution >= 0.6 is 12.4 Å². The highest BCUT2D eigenvalue weighted by Gasteiger charge is 2.36. The van der Waals surface area contributed by atoms with Crippen LogP contribution in [0.5, 0.6) is 0 Å². The lowest BCUT2D eigenvalue weighted by Crippen LogP contribution is -2.52. The molecule has 3 N–H and O–H groups in total. The molecular weight excluding hydrogens is 338 g/mol. The summed E-state index contributed by atoms with van der Waals surface area (Å²) in [5.41, 5.74) is 7.37. The maximum Gasteiger partial charge on any atom is 0.251 e. The number of benzene rings is 1. The third kappa shape index (κ3) is 5.19. The van der Waals surface area contributed by atoms with E-state index in [1.165, 1.54) is 0 Å². The predicted molar refractivity (Wildman–Crippen MR) is 103 cm³/mol. The molecule has 25 heavy (non-hydrogen) atoms. The Kier molecular flexibility index (Phi) is 7.90. The maximum atomic E-state index is 13.0. The van der Waals surface area contributed by atoms with Crippen LogP contribution in [0.15, 0.2) is 24.3 Å². The summed E-state index contributed by atoms with van der Waals surface area (Å²) in [5.74, 6) is 0.169. The summed E-state index contributed by atoms with van der Waals surface area (Å²) >= 11 is 0. The van der Waals surface area contributed by atoms with Crippen LogP contribution in [0.25, 0.3) is 0 Å². The fourth-order valence-electron chi connectivity index (χ4n) is 3.32. The molecule has 2 amide bonds. The highest BCUT2D eigenvalue weighted by Crippen LogP contribution is 2.24. The van der Waals surface area contributed by atoms with Crippen molar-refractivity contribution in [3.8, 4) is 0 Å². The number of nitrogens with one attached hydrogen (secondary N) is 1. The van der Waals surface area contributed by atoms with E-state index in [1.807, 2.05) is 50.8 Å². The lowest BCUT2D eigenvalue weighted by molar-refractivity contribution is -0.135. The molecule has 0 aliphatic carbocycles. The van der Waals surface area contributed by atoms with Gasteiger partial charge in [-0.3, -0.25) is 9.59 Å². The van der Waals surface area contributed by atoms with E-state index in [4.69, 9.17) is 5.73 Å². The Bertz CT molecular complexity index is 606. The van der Waals surface area contributed by atoms with Gasteiger partial charge in [0.2, 0.25) is 5.91 Å². The Balaban J connectivity index is 0.00000312. The summed E-state index contributed by atoms with van der Waals surface area (Å²) in [7, 11) is 0. The van der Waals surface area contributed by atoms with Crippen LogP contribution < -0.4 is 11.1 Å². The number of aryl methyl sites for hydroxylation is 1. The first kappa shape index (κ1) is 21.5. The van der Waals surface area contributed by atoms with Gasteiger partial charge in [0.05, 0.1) is 0 Å². The first-order valence-electron chi connectivity index (χ1n) is 8.71. The molecule has 3 unspecified atom stereocenters. The Hall–Kier alpha value is -1.59. The fraction of sp³-hybridized carbons (Fsp3) is 0.579. The molecule has 0 bridgehead atoms. The molecule has 1 fully saturated rings. The average molecular weight is 368 g/mol. The van der Waals surface area contributed by atoms with Gasteiger partial charge in [0.15, 0.2) is 0 Å². The van der Waals surface area contributed by atoms with Gasteiger partial charge in [-0.2, -0.15) is 0 Å². The number of nitrogens with zero attached hydrogens (tertiary/aromatic N) is 1. The first-order chi connectivity index (χ1) is 11.3. The highest BCUT2D eigenvalue weighted by atomic mass is 35.5. The molecule has 6 heteroatoms. The molecule has 1 aliphatic heterocycles. The number of rotatable bonds is 5. The third-order valence-corrected chi connectivity index (χ3v) is 4.78. The SMILES string of the molecule is Cc1cccc(C(=O)NC(C(=O)N2CC(CN)CC2C)C(C)C)c1.Cl. The van der Waals surface area contributed by atoms with Crippen molar-refractivity contribution in [3.63, 3.8) is 0 Å². The van der Waals surface area contributed by atoms with Crippen LogP contribution in [-0.4, -0.2) is 41.9 Å². The Morgan fingerprint density at radius 2 is 2.04 bits per heavy atom. The average Bonchev–Trinajstić information content (AvgIpc) is 2.92. The van der Waals surface area contributed by atoms with Crippen LogP contribution in [0.1, 0.15) is 43.1 Å². The predicted octanol–water partition coefficient (Wildman–Crippen LogP) is 2.37. The molecule has 0 spiro atoms. The Morgan fingerprint density at radius 3 is 2.56 bits per heavy atom. The molecule has 1 aromatic carbocycles. The zero-order chi connectivity index (χ0) is 17.9. The molecule has 3 atom stereocenters. The van der Waals surface area contributed by atoms with E-state index in [9.17, 15) is 9.59 Å². The number of amides is 2. The minimum absolute atomic E-state index is 0. The van der Waals surface area contributed by atoms with Crippen LogP contribution in [0, 0.1) is 18.8 Å². The van der Waals surface area contributed by atoms with E-state index < -0.39 is 6.04 Å². The van der Waals surface area contributed by atoms with E-state index in [0.717, 1.165) is 12.0 Å². The molecule has 5 nitrogen and oxygen atoms in total. The van der Waals surface area contributed by atoms with Crippen LogP contribution in [-0.2, 0) is 4.79 Å². The zero-order valence-electron chi connectivity index (χ0n) is 15.5. The van der Waals surface area contributed by atoms with Crippen molar-refractivity contribution >= 4 is 24.2 Å². The highest BCUT2D eigenvalue weighted by molar-refractivity contribution is 5.97. The van der Waals surface area contributed by atoms with Crippen LogP contribution in [0.4, 0.5) is 0 Å². The molecule has 1 aromatic rings. The van der Waals surface area contributed by atoms with Crippen molar-refractivity contribution in [2.45, 2.75) is 46.2 Å². The Morgan fingerprint density at radius 1 is 1.36 bits per heavy atom. The zero-order valence-corrected chi connectivity index (χ0v) is 16.3. The first-order valence-corrected chi connectivity index (χ1v) is 8.71. The molecule has 140 valence electrons. The van der Waals surface area contributed by atoms with Gasteiger partial charge in [0.1, 0.15) is 6.04 Å². The summed E-state index contributed by atoms with van der Waals surface area (Å²) in [6.07, 6.45) is 0.929. The summed E-state index contributed by atoms with van der Waals surface area (Å²) in [6, 6.07) is 7.05.